The first-order valence-corrected chi connectivity index (χ1v) is 8.42. The van der Waals surface area contributed by atoms with Crippen LogP contribution in [0.15, 0.2) is 42.5 Å². The van der Waals surface area contributed by atoms with Gasteiger partial charge in [0.25, 0.3) is 5.91 Å². The number of hydrogen-bond donors (Lipinski definition) is 1. The highest BCUT2D eigenvalue weighted by Gasteiger charge is 2.22. The Bertz CT molecular complexity index is 809. The van der Waals surface area contributed by atoms with Crippen molar-refractivity contribution in [3.05, 3.63) is 70.0 Å². The van der Waals surface area contributed by atoms with Crippen molar-refractivity contribution in [2.24, 2.45) is 0 Å². The van der Waals surface area contributed by atoms with Gasteiger partial charge < -0.3 is 10.1 Å². The van der Waals surface area contributed by atoms with Crippen LogP contribution in [0.3, 0.4) is 0 Å². The first-order valence-electron chi connectivity index (χ1n) is 8.04. The molecule has 2 aromatic rings. The van der Waals surface area contributed by atoms with E-state index in [0.29, 0.717) is 0 Å². The Morgan fingerprint density at radius 1 is 1.24 bits per heavy atom. The van der Waals surface area contributed by atoms with Crippen LogP contribution < -0.4 is 5.32 Å². The van der Waals surface area contributed by atoms with Crippen LogP contribution in [0.4, 0.5) is 4.39 Å². The molecule has 0 radical (unpaired) electrons. The summed E-state index contributed by atoms with van der Waals surface area (Å²) in [6.07, 6.45) is 2.81. The van der Waals surface area contributed by atoms with Crippen LogP contribution in [0.25, 0.3) is 0 Å². The lowest BCUT2D eigenvalue weighted by molar-refractivity contribution is -0.125. The molecule has 0 spiro atoms. The van der Waals surface area contributed by atoms with Crippen molar-refractivity contribution in [3.63, 3.8) is 0 Å². The summed E-state index contributed by atoms with van der Waals surface area (Å²) >= 11 is 5.64. The lowest BCUT2D eigenvalue weighted by atomic mass is 9.88. The van der Waals surface area contributed by atoms with E-state index in [0.717, 1.165) is 30.9 Å². The SMILES string of the molecule is O=C(COC(=O)c1ccc(Cl)cc1F)N[C@H]1CCCc2ccccc21. The van der Waals surface area contributed by atoms with Crippen molar-refractivity contribution < 1.29 is 18.7 Å². The Labute approximate surface area is 149 Å². The van der Waals surface area contributed by atoms with E-state index in [9.17, 15) is 14.0 Å². The Hall–Kier alpha value is -2.40. The number of halogens is 2. The number of benzene rings is 2. The highest BCUT2D eigenvalue weighted by Crippen LogP contribution is 2.29. The average Bonchev–Trinajstić information content (AvgIpc) is 2.60. The number of rotatable bonds is 4. The van der Waals surface area contributed by atoms with E-state index in [1.54, 1.807) is 0 Å². The van der Waals surface area contributed by atoms with Gasteiger partial charge in [0.1, 0.15) is 5.82 Å². The van der Waals surface area contributed by atoms with Gasteiger partial charge in [-0.2, -0.15) is 0 Å². The number of ether oxygens (including phenoxy) is 1. The van der Waals surface area contributed by atoms with E-state index in [1.807, 2.05) is 18.2 Å². The number of carbonyl (C=O) groups excluding carboxylic acids is 2. The highest BCUT2D eigenvalue weighted by atomic mass is 35.5. The molecular weight excluding hydrogens is 345 g/mol. The van der Waals surface area contributed by atoms with Gasteiger partial charge in [0.2, 0.25) is 0 Å². The lowest BCUT2D eigenvalue weighted by Crippen LogP contribution is -2.34. The van der Waals surface area contributed by atoms with Gasteiger partial charge in [-0.3, -0.25) is 4.79 Å². The van der Waals surface area contributed by atoms with Crippen molar-refractivity contribution in [2.75, 3.05) is 6.61 Å². The maximum Gasteiger partial charge on any atom is 0.341 e. The molecule has 0 saturated heterocycles. The van der Waals surface area contributed by atoms with Crippen molar-refractivity contribution in [1.29, 1.82) is 0 Å². The summed E-state index contributed by atoms with van der Waals surface area (Å²) in [5.74, 6) is -2.09. The summed E-state index contributed by atoms with van der Waals surface area (Å²) in [5.41, 5.74) is 2.07. The molecule has 130 valence electrons. The van der Waals surface area contributed by atoms with Gasteiger partial charge >= 0.3 is 5.97 Å². The average molecular weight is 362 g/mol. The largest absolute Gasteiger partial charge is 0.452 e. The second-order valence-corrected chi connectivity index (χ2v) is 6.35. The zero-order chi connectivity index (χ0) is 17.8. The molecule has 25 heavy (non-hydrogen) atoms. The maximum atomic E-state index is 13.7. The molecule has 1 atom stereocenters. The van der Waals surface area contributed by atoms with Crippen LogP contribution in [0.5, 0.6) is 0 Å². The molecule has 1 aliphatic carbocycles. The van der Waals surface area contributed by atoms with Gasteiger partial charge in [-0.05, 0) is 48.6 Å². The van der Waals surface area contributed by atoms with Crippen molar-refractivity contribution >= 4 is 23.5 Å². The van der Waals surface area contributed by atoms with Crippen molar-refractivity contribution in [3.8, 4) is 0 Å². The predicted molar refractivity (Wildman–Crippen MR) is 92.0 cm³/mol. The minimum absolute atomic E-state index is 0.0941. The molecule has 2 aromatic carbocycles. The van der Waals surface area contributed by atoms with E-state index in [-0.39, 0.29) is 16.6 Å². The Morgan fingerprint density at radius 2 is 2.04 bits per heavy atom. The van der Waals surface area contributed by atoms with Crippen molar-refractivity contribution in [1.82, 2.24) is 5.32 Å². The zero-order valence-corrected chi connectivity index (χ0v) is 14.2. The molecule has 1 N–H and O–H groups in total. The van der Waals surface area contributed by atoms with E-state index >= 15 is 0 Å². The minimum Gasteiger partial charge on any atom is -0.452 e. The smallest absolute Gasteiger partial charge is 0.341 e. The van der Waals surface area contributed by atoms with E-state index in [2.05, 4.69) is 11.4 Å². The fourth-order valence-electron chi connectivity index (χ4n) is 3.00. The normalized spacial score (nSPS) is 16.0. The molecule has 3 rings (SSSR count). The standard InChI is InChI=1S/C19H17ClFNO3/c20-13-8-9-15(16(21)10-13)19(24)25-11-18(23)22-17-7-3-5-12-4-1-2-6-14(12)17/h1-2,4,6,8-10,17H,3,5,7,11H2,(H,22,23)/t17-/m0/s1. The molecule has 1 aliphatic rings. The van der Waals surface area contributed by atoms with Gasteiger partial charge in [0.15, 0.2) is 6.61 Å². The van der Waals surface area contributed by atoms with Crippen molar-refractivity contribution in [2.45, 2.75) is 25.3 Å². The van der Waals surface area contributed by atoms with Crippen LogP contribution in [-0.2, 0) is 16.0 Å². The summed E-state index contributed by atoms with van der Waals surface area (Å²) < 4.78 is 18.6. The third kappa shape index (κ3) is 4.17. The molecular formula is C19H17ClFNO3. The number of aryl methyl sites for hydroxylation is 1. The second kappa shape index (κ2) is 7.66. The van der Waals surface area contributed by atoms with Crippen LogP contribution >= 0.6 is 11.6 Å². The third-order valence-corrected chi connectivity index (χ3v) is 4.43. The number of nitrogens with one attached hydrogen (secondary N) is 1. The zero-order valence-electron chi connectivity index (χ0n) is 13.4. The van der Waals surface area contributed by atoms with E-state index < -0.39 is 24.3 Å². The predicted octanol–water partition coefficient (Wildman–Crippen LogP) is 3.83. The molecule has 0 bridgehead atoms. The molecule has 4 nitrogen and oxygen atoms in total. The first-order chi connectivity index (χ1) is 12.0. The molecule has 0 unspecified atom stereocenters. The second-order valence-electron chi connectivity index (χ2n) is 5.91. The topological polar surface area (TPSA) is 55.4 Å². The number of esters is 1. The van der Waals surface area contributed by atoms with Gasteiger partial charge in [-0.25, -0.2) is 9.18 Å². The van der Waals surface area contributed by atoms with Gasteiger partial charge in [0.05, 0.1) is 11.6 Å². The number of hydrogen-bond acceptors (Lipinski definition) is 3. The molecule has 0 heterocycles. The maximum absolute atomic E-state index is 13.7. The van der Waals surface area contributed by atoms with Crippen LogP contribution in [0.1, 0.15) is 40.4 Å². The molecule has 0 aliphatic heterocycles. The molecule has 0 saturated carbocycles. The summed E-state index contributed by atoms with van der Waals surface area (Å²) in [6.45, 7) is -0.459. The number of fused-ring (bicyclic) bond motifs is 1. The number of amides is 1. The summed E-state index contributed by atoms with van der Waals surface area (Å²) in [5, 5.41) is 3.06. The van der Waals surface area contributed by atoms with Crippen LogP contribution in [0, 0.1) is 5.82 Å². The highest BCUT2D eigenvalue weighted by molar-refractivity contribution is 6.30. The molecule has 0 aromatic heterocycles. The summed E-state index contributed by atoms with van der Waals surface area (Å²) in [4.78, 5) is 24.0. The Kier molecular flexibility index (Phi) is 5.34. The van der Waals surface area contributed by atoms with Crippen LogP contribution in [0.2, 0.25) is 5.02 Å². The Balaban J connectivity index is 1.58. The van der Waals surface area contributed by atoms with Crippen LogP contribution in [-0.4, -0.2) is 18.5 Å². The summed E-state index contributed by atoms with van der Waals surface area (Å²) in [6, 6.07) is 11.5. The van der Waals surface area contributed by atoms with Gasteiger partial charge in [-0.15, -0.1) is 0 Å². The first kappa shape index (κ1) is 17.4. The van der Waals surface area contributed by atoms with E-state index in [1.165, 1.54) is 17.7 Å². The minimum atomic E-state index is -0.895. The van der Waals surface area contributed by atoms with Gasteiger partial charge in [-0.1, -0.05) is 35.9 Å². The van der Waals surface area contributed by atoms with Gasteiger partial charge in [0, 0.05) is 5.02 Å². The fourth-order valence-corrected chi connectivity index (χ4v) is 3.16. The monoisotopic (exact) mass is 361 g/mol. The number of carbonyl (C=O) groups is 2. The molecule has 0 fully saturated rings. The fraction of sp³-hybridized carbons (Fsp3) is 0.263. The quantitative estimate of drug-likeness (QED) is 0.842. The summed E-state index contributed by atoms with van der Waals surface area (Å²) in [7, 11) is 0. The molecule has 1 amide bonds. The lowest BCUT2D eigenvalue weighted by Gasteiger charge is -2.26. The van der Waals surface area contributed by atoms with E-state index in [4.69, 9.17) is 16.3 Å². The Morgan fingerprint density at radius 3 is 2.84 bits per heavy atom. The third-order valence-electron chi connectivity index (χ3n) is 4.19. The molecule has 6 heteroatoms.